The summed E-state index contributed by atoms with van der Waals surface area (Å²) < 4.78 is 21.7. The van der Waals surface area contributed by atoms with Gasteiger partial charge in [-0.25, -0.2) is 0 Å². The molecule has 2 atom stereocenters. The number of hydrogen-bond acceptors (Lipinski definition) is 6. The molecule has 0 amide bonds. The number of nitrogens with two attached hydrogens (primary N) is 1. The molecular weight excluding hydrogens is 296 g/mol. The van der Waals surface area contributed by atoms with Crippen LogP contribution in [-0.2, 0) is 11.3 Å². The predicted molar refractivity (Wildman–Crippen MR) is 89.4 cm³/mol. The van der Waals surface area contributed by atoms with Crippen molar-refractivity contribution >= 4 is 0 Å². The van der Waals surface area contributed by atoms with Crippen LogP contribution in [0.5, 0.6) is 17.2 Å². The van der Waals surface area contributed by atoms with Gasteiger partial charge in [-0.15, -0.1) is 0 Å². The zero-order valence-corrected chi connectivity index (χ0v) is 14.5. The SMILES string of the molecule is COc1cc(CN2CCC(OC)CC2CN)cc(OC)c1OC. The molecule has 0 radical (unpaired) electrons. The molecule has 1 heterocycles. The van der Waals surface area contributed by atoms with E-state index in [0.29, 0.717) is 35.9 Å². The van der Waals surface area contributed by atoms with Gasteiger partial charge in [-0.05, 0) is 30.5 Å². The van der Waals surface area contributed by atoms with Gasteiger partial charge in [0.05, 0.1) is 27.4 Å². The summed E-state index contributed by atoms with van der Waals surface area (Å²) >= 11 is 0. The van der Waals surface area contributed by atoms with Crippen molar-refractivity contribution in [2.24, 2.45) is 5.73 Å². The Morgan fingerprint density at radius 1 is 1.09 bits per heavy atom. The fourth-order valence-electron chi connectivity index (χ4n) is 3.19. The molecule has 0 saturated carbocycles. The highest BCUT2D eigenvalue weighted by Crippen LogP contribution is 2.38. The summed E-state index contributed by atoms with van der Waals surface area (Å²) in [5.74, 6) is 1.98. The monoisotopic (exact) mass is 324 g/mol. The van der Waals surface area contributed by atoms with Crippen molar-refractivity contribution in [1.29, 1.82) is 0 Å². The van der Waals surface area contributed by atoms with Crippen LogP contribution in [0.4, 0.5) is 0 Å². The van der Waals surface area contributed by atoms with Crippen molar-refractivity contribution in [3.05, 3.63) is 17.7 Å². The molecule has 1 aliphatic rings. The number of methoxy groups -OCH3 is 4. The number of nitrogens with zero attached hydrogens (tertiary/aromatic N) is 1. The molecule has 0 bridgehead atoms. The first-order chi connectivity index (χ1) is 11.2. The van der Waals surface area contributed by atoms with Gasteiger partial charge in [-0.3, -0.25) is 4.90 Å². The number of ether oxygens (including phenoxy) is 4. The number of rotatable bonds is 7. The van der Waals surface area contributed by atoms with Crippen LogP contribution in [0.1, 0.15) is 18.4 Å². The maximum atomic E-state index is 5.96. The molecule has 1 fully saturated rings. The minimum absolute atomic E-state index is 0.305. The van der Waals surface area contributed by atoms with Crippen LogP contribution in [0.25, 0.3) is 0 Å². The van der Waals surface area contributed by atoms with E-state index in [4.69, 9.17) is 24.7 Å². The average Bonchev–Trinajstić information content (AvgIpc) is 2.60. The summed E-state index contributed by atoms with van der Waals surface area (Å²) in [7, 11) is 6.65. The van der Waals surface area contributed by atoms with E-state index in [0.717, 1.165) is 31.5 Å². The van der Waals surface area contributed by atoms with Gasteiger partial charge in [0.1, 0.15) is 0 Å². The standard InChI is InChI=1S/C17H28N2O4/c1-20-14-5-6-19(13(9-14)10-18)11-12-7-15(21-2)17(23-4)16(8-12)22-3/h7-8,13-14H,5-6,9-11,18H2,1-4H3. The second-order valence-corrected chi connectivity index (χ2v) is 5.78. The van der Waals surface area contributed by atoms with Crippen molar-refractivity contribution in [1.82, 2.24) is 4.90 Å². The Morgan fingerprint density at radius 3 is 2.22 bits per heavy atom. The zero-order valence-electron chi connectivity index (χ0n) is 14.5. The number of benzene rings is 1. The van der Waals surface area contributed by atoms with Crippen LogP contribution in [0.3, 0.4) is 0 Å². The van der Waals surface area contributed by atoms with Gasteiger partial charge in [0.2, 0.25) is 5.75 Å². The minimum Gasteiger partial charge on any atom is -0.493 e. The Kier molecular flexibility index (Phi) is 6.50. The summed E-state index contributed by atoms with van der Waals surface area (Å²) in [5, 5.41) is 0. The predicted octanol–water partition coefficient (Wildman–Crippen LogP) is 1.65. The first-order valence-electron chi connectivity index (χ1n) is 7.92. The molecule has 1 aliphatic heterocycles. The first kappa shape index (κ1) is 17.8. The maximum absolute atomic E-state index is 5.96. The third-order valence-electron chi connectivity index (χ3n) is 4.51. The molecular formula is C17H28N2O4. The van der Waals surface area contributed by atoms with Gasteiger partial charge in [0.25, 0.3) is 0 Å². The highest BCUT2D eigenvalue weighted by molar-refractivity contribution is 5.53. The van der Waals surface area contributed by atoms with E-state index in [2.05, 4.69) is 4.90 Å². The molecule has 0 spiro atoms. The molecule has 2 N–H and O–H groups in total. The van der Waals surface area contributed by atoms with Crippen LogP contribution in [0, 0.1) is 0 Å². The van der Waals surface area contributed by atoms with E-state index >= 15 is 0 Å². The largest absolute Gasteiger partial charge is 0.493 e. The van der Waals surface area contributed by atoms with E-state index in [1.807, 2.05) is 12.1 Å². The first-order valence-corrected chi connectivity index (χ1v) is 7.92. The molecule has 1 saturated heterocycles. The maximum Gasteiger partial charge on any atom is 0.203 e. The Labute approximate surface area is 138 Å². The molecule has 2 rings (SSSR count). The second kappa shape index (κ2) is 8.38. The Hall–Kier alpha value is -1.50. The lowest BCUT2D eigenvalue weighted by Gasteiger charge is -2.38. The fraction of sp³-hybridized carbons (Fsp3) is 0.647. The highest BCUT2D eigenvalue weighted by Gasteiger charge is 2.28. The molecule has 1 aromatic rings. The lowest BCUT2D eigenvalue weighted by Crippen LogP contribution is -2.47. The summed E-state index contributed by atoms with van der Waals surface area (Å²) in [5.41, 5.74) is 7.07. The van der Waals surface area contributed by atoms with Crippen LogP contribution in [0.2, 0.25) is 0 Å². The molecule has 6 nitrogen and oxygen atoms in total. The molecule has 0 aromatic heterocycles. The van der Waals surface area contributed by atoms with Gasteiger partial charge >= 0.3 is 0 Å². The molecule has 6 heteroatoms. The van der Waals surface area contributed by atoms with Crippen LogP contribution >= 0.6 is 0 Å². The third-order valence-corrected chi connectivity index (χ3v) is 4.51. The Bertz CT molecular complexity index is 484. The number of hydrogen-bond donors (Lipinski definition) is 1. The Balaban J connectivity index is 2.19. The van der Waals surface area contributed by atoms with E-state index in [9.17, 15) is 0 Å². The lowest BCUT2D eigenvalue weighted by atomic mass is 9.98. The highest BCUT2D eigenvalue weighted by atomic mass is 16.5. The van der Waals surface area contributed by atoms with Crippen molar-refractivity contribution in [3.63, 3.8) is 0 Å². The minimum atomic E-state index is 0.305. The van der Waals surface area contributed by atoms with Gasteiger partial charge < -0.3 is 24.7 Å². The quantitative estimate of drug-likeness (QED) is 0.823. The topological polar surface area (TPSA) is 66.2 Å². The zero-order chi connectivity index (χ0) is 16.8. The number of piperidine rings is 1. The van der Waals surface area contributed by atoms with E-state index in [-0.39, 0.29) is 0 Å². The van der Waals surface area contributed by atoms with Crippen molar-refractivity contribution in [3.8, 4) is 17.2 Å². The second-order valence-electron chi connectivity index (χ2n) is 5.78. The van der Waals surface area contributed by atoms with Crippen LogP contribution < -0.4 is 19.9 Å². The molecule has 130 valence electrons. The summed E-state index contributed by atoms with van der Waals surface area (Å²) in [6.45, 7) is 2.40. The van der Waals surface area contributed by atoms with Gasteiger partial charge in [0, 0.05) is 32.8 Å². The molecule has 2 unspecified atom stereocenters. The lowest BCUT2D eigenvalue weighted by molar-refractivity contribution is 0.0102. The smallest absolute Gasteiger partial charge is 0.203 e. The summed E-state index contributed by atoms with van der Waals surface area (Å²) in [4.78, 5) is 2.40. The van der Waals surface area contributed by atoms with E-state index < -0.39 is 0 Å². The van der Waals surface area contributed by atoms with Crippen molar-refractivity contribution in [2.75, 3.05) is 41.5 Å². The van der Waals surface area contributed by atoms with Crippen LogP contribution in [-0.4, -0.2) is 58.6 Å². The number of likely N-dealkylation sites (tertiary alicyclic amines) is 1. The van der Waals surface area contributed by atoms with Gasteiger partial charge in [-0.1, -0.05) is 0 Å². The van der Waals surface area contributed by atoms with Gasteiger partial charge in [0.15, 0.2) is 11.5 Å². The molecule has 1 aromatic carbocycles. The van der Waals surface area contributed by atoms with Crippen LogP contribution in [0.15, 0.2) is 12.1 Å². The van der Waals surface area contributed by atoms with Crippen molar-refractivity contribution in [2.45, 2.75) is 31.5 Å². The normalized spacial score (nSPS) is 22.0. The Morgan fingerprint density at radius 2 is 1.74 bits per heavy atom. The van der Waals surface area contributed by atoms with Crippen molar-refractivity contribution < 1.29 is 18.9 Å². The van der Waals surface area contributed by atoms with Gasteiger partial charge in [-0.2, -0.15) is 0 Å². The third kappa shape index (κ3) is 4.07. The van der Waals surface area contributed by atoms with E-state index in [1.54, 1.807) is 28.4 Å². The summed E-state index contributed by atoms with van der Waals surface area (Å²) in [6.07, 6.45) is 2.30. The fourth-order valence-corrected chi connectivity index (χ4v) is 3.19. The van der Waals surface area contributed by atoms with E-state index in [1.165, 1.54) is 0 Å². The molecule has 0 aliphatic carbocycles. The summed E-state index contributed by atoms with van der Waals surface area (Å²) in [6, 6.07) is 4.32. The average molecular weight is 324 g/mol. The molecule has 23 heavy (non-hydrogen) atoms.